The molecule has 0 aliphatic rings. The maximum Gasteiger partial charge on any atom is 0.125 e. The van der Waals surface area contributed by atoms with Gasteiger partial charge in [0.1, 0.15) is 5.01 Å². The third-order valence-electron chi connectivity index (χ3n) is 2.46. The second-order valence-electron chi connectivity index (χ2n) is 3.89. The van der Waals surface area contributed by atoms with E-state index in [9.17, 15) is 0 Å². The van der Waals surface area contributed by atoms with Crippen molar-refractivity contribution in [3.8, 4) is 10.6 Å². The van der Waals surface area contributed by atoms with Crippen LogP contribution in [0.1, 0.15) is 66.5 Å². The lowest BCUT2D eigenvalue weighted by Gasteiger charge is -1.91. The van der Waals surface area contributed by atoms with Gasteiger partial charge in [0.25, 0.3) is 0 Å². The molecule has 0 aliphatic carbocycles. The minimum atomic E-state index is 0. The van der Waals surface area contributed by atoms with Crippen LogP contribution < -0.4 is 0 Å². The summed E-state index contributed by atoms with van der Waals surface area (Å²) in [5.41, 5.74) is 3.12. The van der Waals surface area contributed by atoms with Crippen LogP contribution in [0.15, 0.2) is 29.5 Å². The Hall–Kier alpha value is -1.46. The molecule has 0 aromatic carbocycles. The van der Waals surface area contributed by atoms with Crippen LogP contribution in [0.3, 0.4) is 0 Å². The Kier molecular flexibility index (Phi) is 29.2. The minimum absolute atomic E-state index is 0. The van der Waals surface area contributed by atoms with Crippen molar-refractivity contribution in [3.63, 3.8) is 0 Å². The molecule has 0 spiro atoms. The summed E-state index contributed by atoms with van der Waals surface area (Å²) in [4.78, 5) is 13.6. The molecular formula is C21H39N3S2. The van der Waals surface area contributed by atoms with Crippen LogP contribution in [0.2, 0.25) is 0 Å². The number of hydrogen-bond donors (Lipinski definition) is 0. The first-order valence-corrected chi connectivity index (χ1v) is 10.1. The van der Waals surface area contributed by atoms with Gasteiger partial charge in [0.05, 0.1) is 5.69 Å². The highest BCUT2D eigenvalue weighted by Crippen LogP contribution is 2.25. The summed E-state index contributed by atoms with van der Waals surface area (Å²) in [6.45, 7) is 18.0. The molecule has 150 valence electrons. The van der Waals surface area contributed by atoms with Gasteiger partial charge in [0.2, 0.25) is 0 Å². The van der Waals surface area contributed by atoms with Gasteiger partial charge in [-0.15, -0.1) is 11.3 Å². The molecule has 0 bridgehead atoms. The lowest BCUT2D eigenvalue weighted by molar-refractivity contribution is 1.22. The molecular weight excluding hydrogens is 358 g/mol. The predicted molar refractivity (Wildman–Crippen MR) is 128 cm³/mol. The second kappa shape index (κ2) is 23.5. The van der Waals surface area contributed by atoms with Gasteiger partial charge in [-0.2, -0.15) is 0 Å². The van der Waals surface area contributed by atoms with Crippen LogP contribution in [0.4, 0.5) is 0 Å². The van der Waals surface area contributed by atoms with Gasteiger partial charge < -0.3 is 0 Å². The molecule has 26 heavy (non-hydrogen) atoms. The summed E-state index contributed by atoms with van der Waals surface area (Å²) in [7, 11) is 1.72. The average molecular weight is 398 g/mol. The molecule has 3 nitrogen and oxygen atoms in total. The summed E-state index contributed by atoms with van der Waals surface area (Å²) in [5.74, 6) is 0. The highest BCUT2D eigenvalue weighted by molar-refractivity contribution is 7.80. The largest absolute Gasteiger partial charge is 0.293 e. The fourth-order valence-corrected chi connectivity index (χ4v) is 2.15. The molecule has 0 fully saturated rings. The van der Waals surface area contributed by atoms with Crippen molar-refractivity contribution in [2.45, 2.75) is 69.7 Å². The van der Waals surface area contributed by atoms with Crippen LogP contribution in [0, 0.1) is 13.8 Å². The summed E-state index contributed by atoms with van der Waals surface area (Å²) < 4.78 is 0. The van der Waals surface area contributed by atoms with Crippen molar-refractivity contribution < 1.29 is 0 Å². The lowest BCUT2D eigenvalue weighted by Crippen LogP contribution is -1.85. The fourth-order valence-electron chi connectivity index (χ4n) is 1.14. The normalized spacial score (nSPS) is 8.46. The van der Waals surface area contributed by atoms with Crippen LogP contribution in [-0.2, 0) is 0 Å². The Bertz CT molecular complexity index is 542. The quantitative estimate of drug-likeness (QED) is 0.386. The highest BCUT2D eigenvalue weighted by atomic mass is 32.1. The molecule has 2 aromatic heterocycles. The van der Waals surface area contributed by atoms with E-state index in [1.54, 1.807) is 29.9 Å². The van der Waals surface area contributed by atoms with Crippen molar-refractivity contribution in [1.82, 2.24) is 9.97 Å². The third kappa shape index (κ3) is 14.8. The monoisotopic (exact) mass is 397 g/mol. The molecule has 2 rings (SSSR count). The molecule has 0 amide bonds. The van der Waals surface area contributed by atoms with Crippen molar-refractivity contribution in [1.29, 1.82) is 0 Å². The molecule has 0 saturated carbocycles. The number of nitrogens with zero attached hydrogens (tertiary/aromatic N) is 3. The Labute approximate surface area is 172 Å². The maximum absolute atomic E-state index is 4.52. The first-order valence-electron chi connectivity index (χ1n) is 8.81. The molecule has 0 N–H and O–H groups in total. The molecule has 2 heterocycles. The van der Waals surface area contributed by atoms with E-state index >= 15 is 0 Å². The van der Waals surface area contributed by atoms with Crippen molar-refractivity contribution in [2.75, 3.05) is 7.05 Å². The Morgan fingerprint density at radius 1 is 1.12 bits per heavy atom. The van der Waals surface area contributed by atoms with Crippen LogP contribution >= 0.6 is 23.6 Å². The van der Waals surface area contributed by atoms with E-state index in [1.807, 2.05) is 73.7 Å². The van der Waals surface area contributed by atoms with Crippen LogP contribution in [0.5, 0.6) is 0 Å². The number of rotatable bonds is 2. The summed E-state index contributed by atoms with van der Waals surface area (Å²) in [6, 6.07) is 3.96. The smallest absolute Gasteiger partial charge is 0.125 e. The first-order chi connectivity index (χ1) is 12.1. The van der Waals surface area contributed by atoms with Gasteiger partial charge >= 0.3 is 0 Å². The molecule has 2 aromatic rings. The van der Waals surface area contributed by atoms with E-state index in [4.69, 9.17) is 0 Å². The number of pyridine rings is 1. The topological polar surface area (TPSA) is 38.1 Å². The van der Waals surface area contributed by atoms with Gasteiger partial charge in [-0.1, -0.05) is 61.2 Å². The van der Waals surface area contributed by atoms with Gasteiger partial charge in [-0.25, -0.2) is 4.98 Å². The number of aryl methyl sites for hydroxylation is 2. The number of aliphatic imine (C=N–C) groups is 1. The molecule has 0 saturated heterocycles. The fraction of sp³-hybridized carbons (Fsp3) is 0.524. The zero-order chi connectivity index (χ0) is 20.3. The van der Waals surface area contributed by atoms with E-state index in [1.165, 1.54) is 4.88 Å². The lowest BCUT2D eigenvalue weighted by atomic mass is 10.3. The van der Waals surface area contributed by atoms with E-state index in [0.29, 0.717) is 0 Å². The van der Waals surface area contributed by atoms with E-state index in [-0.39, 0.29) is 7.43 Å². The number of thiazole rings is 1. The van der Waals surface area contributed by atoms with Gasteiger partial charge in [0.15, 0.2) is 0 Å². The Morgan fingerprint density at radius 2 is 1.65 bits per heavy atom. The minimum Gasteiger partial charge on any atom is -0.293 e. The molecule has 0 atom stereocenters. The zero-order valence-corrected chi connectivity index (χ0v) is 19.2. The van der Waals surface area contributed by atoms with Gasteiger partial charge in [-0.05, 0) is 32.9 Å². The first kappa shape index (κ1) is 32.2. The summed E-state index contributed by atoms with van der Waals surface area (Å²) in [6.07, 6.45) is 3.62. The van der Waals surface area contributed by atoms with Gasteiger partial charge in [-0.3, -0.25) is 9.98 Å². The van der Waals surface area contributed by atoms with Crippen LogP contribution in [-0.4, -0.2) is 28.1 Å². The van der Waals surface area contributed by atoms with Crippen molar-refractivity contribution >= 4 is 34.6 Å². The van der Waals surface area contributed by atoms with E-state index < -0.39 is 0 Å². The van der Waals surface area contributed by atoms with Crippen LogP contribution in [0.25, 0.3) is 10.6 Å². The van der Waals surface area contributed by atoms with Crippen molar-refractivity contribution in [3.05, 3.63) is 35.1 Å². The third-order valence-corrected chi connectivity index (χ3v) is 3.92. The molecule has 0 aliphatic heterocycles. The Balaban J connectivity index is -0.000000160. The molecule has 0 unspecified atom stereocenters. The zero-order valence-electron chi connectivity index (χ0n) is 17.5. The average Bonchev–Trinajstić information content (AvgIpc) is 3.05. The van der Waals surface area contributed by atoms with Gasteiger partial charge in [0, 0.05) is 41.0 Å². The second-order valence-corrected chi connectivity index (χ2v) is 5.32. The van der Waals surface area contributed by atoms with E-state index in [0.717, 1.165) is 22.0 Å². The maximum atomic E-state index is 4.52. The molecule has 0 radical (unpaired) electrons. The highest BCUT2D eigenvalue weighted by Gasteiger charge is 2.04. The predicted octanol–water partition coefficient (Wildman–Crippen LogP) is 7.61. The number of hydrogen-bond acceptors (Lipinski definition) is 5. The molecule has 5 heteroatoms. The number of thiocarbonyl (C=S) groups is 1. The van der Waals surface area contributed by atoms with E-state index in [2.05, 4.69) is 34.1 Å². The standard InChI is InChI=1S/C10H10N2S.C4H7NS.3C2H6.CH4/c1-7-8(2)13-10(12-7)9-4-3-5-11-6-9;1-4(3-6)5-2;3*1-2;/h3-6H,1-2H3;3H,1-2H3;3*1-2H3;1H4. The number of aromatic nitrogens is 2. The summed E-state index contributed by atoms with van der Waals surface area (Å²) >= 11 is 6.23. The Morgan fingerprint density at radius 3 is 1.92 bits per heavy atom. The van der Waals surface area contributed by atoms with Crippen molar-refractivity contribution in [2.24, 2.45) is 4.99 Å². The summed E-state index contributed by atoms with van der Waals surface area (Å²) in [5, 5.41) is 2.61. The SMILES string of the molecule is C.CC.CC.CC.CN=C(C)C=S.Cc1nc(-c2cccnc2)sc1C.